The molecule has 2 aromatic rings. The van der Waals surface area contributed by atoms with E-state index in [4.69, 9.17) is 14.7 Å². The zero-order valence-corrected chi connectivity index (χ0v) is 16.4. The molecule has 0 radical (unpaired) electrons. The highest BCUT2D eigenvalue weighted by Crippen LogP contribution is 2.37. The third-order valence-corrected chi connectivity index (χ3v) is 4.00. The summed E-state index contributed by atoms with van der Waals surface area (Å²) in [6.07, 6.45) is 1.34. The highest BCUT2D eigenvalue weighted by atomic mass is 79.9. The summed E-state index contributed by atoms with van der Waals surface area (Å²) in [7, 11) is 0. The van der Waals surface area contributed by atoms with Gasteiger partial charge in [0.05, 0.1) is 16.8 Å². The lowest BCUT2D eigenvalue weighted by molar-refractivity contribution is -0.112. The molecule has 0 aliphatic heterocycles. The Bertz CT molecular complexity index is 993. The molecule has 0 bridgehead atoms. The maximum atomic E-state index is 13.7. The molecule has 0 saturated carbocycles. The lowest BCUT2D eigenvalue weighted by atomic mass is 10.1. The van der Waals surface area contributed by atoms with E-state index in [9.17, 15) is 14.4 Å². The molecule has 0 spiro atoms. The highest BCUT2D eigenvalue weighted by molar-refractivity contribution is 9.10. The van der Waals surface area contributed by atoms with E-state index in [1.54, 1.807) is 31.2 Å². The van der Waals surface area contributed by atoms with E-state index in [1.165, 1.54) is 24.3 Å². The predicted octanol–water partition coefficient (Wildman–Crippen LogP) is 4.43. The van der Waals surface area contributed by atoms with Gasteiger partial charge < -0.3 is 14.8 Å². The first-order chi connectivity index (χ1) is 13.5. The van der Waals surface area contributed by atoms with Crippen molar-refractivity contribution in [3.8, 4) is 23.6 Å². The maximum absolute atomic E-state index is 13.7. The van der Waals surface area contributed by atoms with Crippen molar-refractivity contribution in [2.75, 3.05) is 18.5 Å². The summed E-state index contributed by atoms with van der Waals surface area (Å²) in [4.78, 5) is 12.3. The van der Waals surface area contributed by atoms with E-state index in [1.807, 2.05) is 6.07 Å². The molecular formula is C20H15BrFN3O3. The van der Waals surface area contributed by atoms with Crippen molar-refractivity contribution in [1.29, 1.82) is 10.5 Å². The van der Waals surface area contributed by atoms with Crippen LogP contribution in [0.1, 0.15) is 12.5 Å². The molecule has 142 valence electrons. The Kier molecular flexibility index (Phi) is 7.55. The fraction of sp³-hybridized carbons (Fsp3) is 0.150. The van der Waals surface area contributed by atoms with Crippen molar-refractivity contribution in [3.63, 3.8) is 0 Å². The van der Waals surface area contributed by atoms with Crippen LogP contribution in [-0.4, -0.2) is 19.1 Å². The first-order valence-corrected chi connectivity index (χ1v) is 8.93. The molecule has 0 fully saturated rings. The van der Waals surface area contributed by atoms with E-state index in [0.717, 1.165) is 0 Å². The second-order valence-corrected chi connectivity index (χ2v) is 6.17. The third kappa shape index (κ3) is 5.32. The number of anilines is 1. The van der Waals surface area contributed by atoms with Crippen LogP contribution in [0.15, 0.2) is 46.4 Å². The van der Waals surface area contributed by atoms with E-state index < -0.39 is 11.7 Å². The number of carbonyl (C=O) groups excluding carboxylic acids is 1. The number of nitrogens with one attached hydrogen (secondary N) is 1. The Labute approximate surface area is 169 Å². The van der Waals surface area contributed by atoms with Gasteiger partial charge in [0, 0.05) is 0 Å². The first kappa shape index (κ1) is 20.9. The fourth-order valence-corrected chi connectivity index (χ4v) is 2.82. The van der Waals surface area contributed by atoms with Crippen molar-refractivity contribution in [2.45, 2.75) is 6.92 Å². The van der Waals surface area contributed by atoms with Gasteiger partial charge in [0.1, 0.15) is 23.5 Å². The van der Waals surface area contributed by atoms with Crippen LogP contribution in [0.4, 0.5) is 10.1 Å². The lowest BCUT2D eigenvalue weighted by Gasteiger charge is -2.13. The number of nitriles is 2. The van der Waals surface area contributed by atoms with Crippen LogP contribution in [0.3, 0.4) is 0 Å². The second kappa shape index (κ2) is 10.1. The van der Waals surface area contributed by atoms with Gasteiger partial charge in [0.25, 0.3) is 5.91 Å². The molecule has 0 aliphatic carbocycles. The van der Waals surface area contributed by atoms with Gasteiger partial charge in [-0.25, -0.2) is 4.39 Å². The molecule has 2 rings (SSSR count). The quantitative estimate of drug-likeness (QED) is 0.504. The van der Waals surface area contributed by atoms with Crippen LogP contribution in [0.25, 0.3) is 6.08 Å². The first-order valence-electron chi connectivity index (χ1n) is 8.13. The number of nitrogens with zero attached hydrogens (tertiary/aromatic N) is 2. The molecule has 1 amide bonds. The minimum Gasteiger partial charge on any atom is -0.490 e. The Balaban J connectivity index is 2.35. The Morgan fingerprint density at radius 2 is 2.04 bits per heavy atom. The largest absolute Gasteiger partial charge is 0.490 e. The van der Waals surface area contributed by atoms with Gasteiger partial charge in [0.2, 0.25) is 0 Å². The molecule has 1 N–H and O–H groups in total. The average Bonchev–Trinajstić information content (AvgIpc) is 2.67. The van der Waals surface area contributed by atoms with Gasteiger partial charge in [-0.3, -0.25) is 4.79 Å². The van der Waals surface area contributed by atoms with Crippen LogP contribution in [-0.2, 0) is 4.79 Å². The minimum absolute atomic E-state index is 0.0231. The number of ether oxygens (including phenoxy) is 2. The van der Waals surface area contributed by atoms with Gasteiger partial charge in [-0.2, -0.15) is 10.5 Å². The SMILES string of the molecule is CCOc1cc(/C=C(/C#N)C(=O)Nc2ccccc2F)cc(Br)c1OCC#N. The van der Waals surface area contributed by atoms with E-state index >= 15 is 0 Å². The summed E-state index contributed by atoms with van der Waals surface area (Å²) in [5, 5.41) is 20.4. The van der Waals surface area contributed by atoms with Crippen LogP contribution in [0.5, 0.6) is 11.5 Å². The summed E-state index contributed by atoms with van der Waals surface area (Å²) in [5.41, 5.74) is 0.244. The Morgan fingerprint density at radius 1 is 1.29 bits per heavy atom. The minimum atomic E-state index is -0.744. The molecular weight excluding hydrogens is 429 g/mol. The maximum Gasteiger partial charge on any atom is 0.266 e. The van der Waals surface area contributed by atoms with Gasteiger partial charge >= 0.3 is 0 Å². The summed E-state index contributed by atoms with van der Waals surface area (Å²) in [6, 6.07) is 12.5. The zero-order chi connectivity index (χ0) is 20.5. The monoisotopic (exact) mass is 443 g/mol. The molecule has 0 saturated heterocycles. The Hall–Kier alpha value is -3.36. The van der Waals surface area contributed by atoms with Crippen molar-refractivity contribution in [3.05, 3.63) is 57.8 Å². The Morgan fingerprint density at radius 3 is 2.68 bits per heavy atom. The molecule has 0 atom stereocenters. The molecule has 0 aliphatic rings. The third-order valence-electron chi connectivity index (χ3n) is 3.41. The van der Waals surface area contributed by atoms with Crippen LogP contribution in [0.2, 0.25) is 0 Å². The van der Waals surface area contributed by atoms with Crippen molar-refractivity contribution < 1.29 is 18.7 Å². The van der Waals surface area contributed by atoms with Crippen LogP contribution >= 0.6 is 15.9 Å². The van der Waals surface area contributed by atoms with Crippen molar-refractivity contribution >= 4 is 33.6 Å². The fourth-order valence-electron chi connectivity index (χ4n) is 2.25. The van der Waals surface area contributed by atoms with Crippen LogP contribution < -0.4 is 14.8 Å². The number of halogens is 2. The average molecular weight is 444 g/mol. The molecule has 8 heteroatoms. The number of para-hydroxylation sites is 1. The molecule has 6 nitrogen and oxygen atoms in total. The second-order valence-electron chi connectivity index (χ2n) is 5.31. The standard InChI is InChI=1S/C20H15BrFN3O3/c1-2-27-18-11-13(10-15(21)19(18)28-8-7-23)9-14(12-24)20(26)25-17-6-4-3-5-16(17)22/h3-6,9-11H,2,8H2,1H3,(H,25,26)/b14-9-. The molecule has 0 heterocycles. The van der Waals surface area contributed by atoms with E-state index in [0.29, 0.717) is 28.1 Å². The summed E-state index contributed by atoms with van der Waals surface area (Å²) in [5.74, 6) is -0.653. The number of hydrogen-bond donors (Lipinski definition) is 1. The summed E-state index contributed by atoms with van der Waals surface area (Å²) >= 11 is 3.33. The van der Waals surface area contributed by atoms with Crippen molar-refractivity contribution in [2.24, 2.45) is 0 Å². The van der Waals surface area contributed by atoms with Crippen molar-refractivity contribution in [1.82, 2.24) is 0 Å². The molecule has 0 unspecified atom stereocenters. The van der Waals surface area contributed by atoms with Gasteiger partial charge in [-0.15, -0.1) is 0 Å². The normalized spacial score (nSPS) is 10.5. The van der Waals surface area contributed by atoms with Gasteiger partial charge in [-0.05, 0) is 58.8 Å². The molecule has 28 heavy (non-hydrogen) atoms. The number of hydrogen-bond acceptors (Lipinski definition) is 5. The highest BCUT2D eigenvalue weighted by Gasteiger charge is 2.15. The smallest absolute Gasteiger partial charge is 0.266 e. The number of amides is 1. The van der Waals surface area contributed by atoms with E-state index in [2.05, 4.69) is 21.2 Å². The topological polar surface area (TPSA) is 95.1 Å². The van der Waals surface area contributed by atoms with Gasteiger partial charge in [0.15, 0.2) is 18.1 Å². The van der Waals surface area contributed by atoms with Gasteiger partial charge in [-0.1, -0.05) is 12.1 Å². The number of benzene rings is 2. The lowest BCUT2D eigenvalue weighted by Crippen LogP contribution is -2.14. The van der Waals surface area contributed by atoms with Crippen LogP contribution in [0, 0.1) is 28.5 Å². The zero-order valence-electron chi connectivity index (χ0n) is 14.8. The molecule has 0 aromatic heterocycles. The number of carbonyl (C=O) groups is 1. The van der Waals surface area contributed by atoms with E-state index in [-0.39, 0.29) is 17.9 Å². The number of rotatable bonds is 7. The molecule has 2 aromatic carbocycles. The predicted molar refractivity (Wildman–Crippen MR) is 105 cm³/mol. The summed E-state index contributed by atoms with van der Waals surface area (Å²) < 4.78 is 25.1. The summed E-state index contributed by atoms with van der Waals surface area (Å²) in [6.45, 7) is 1.97.